The first kappa shape index (κ1) is 18.9. The molecule has 2 aromatic carbocycles. The Bertz CT molecular complexity index is 850. The minimum absolute atomic E-state index is 0.0885. The highest BCUT2D eigenvalue weighted by Crippen LogP contribution is 2.26. The number of fused-ring (bicyclic) bond motifs is 1. The van der Waals surface area contributed by atoms with Crippen LogP contribution in [0.2, 0.25) is 0 Å². The van der Waals surface area contributed by atoms with Gasteiger partial charge in [0.25, 0.3) is 0 Å². The zero-order valence-corrected chi connectivity index (χ0v) is 15.8. The lowest BCUT2D eigenvalue weighted by atomic mass is 9.94. The van der Waals surface area contributed by atoms with E-state index in [1.165, 1.54) is 7.11 Å². The fourth-order valence-corrected chi connectivity index (χ4v) is 3.41. The lowest BCUT2D eigenvalue weighted by molar-refractivity contribution is -0.148. The molecular weight excluding hydrogens is 344 g/mol. The molecule has 0 aromatic heterocycles. The largest absolute Gasteiger partial charge is 0.495 e. The van der Waals surface area contributed by atoms with Crippen molar-refractivity contribution in [3.63, 3.8) is 0 Å². The lowest BCUT2D eigenvalue weighted by Gasteiger charge is -2.34. The van der Waals surface area contributed by atoms with Gasteiger partial charge in [-0.3, -0.25) is 14.5 Å². The van der Waals surface area contributed by atoms with E-state index in [2.05, 4.69) is 5.32 Å². The molecule has 0 unspecified atom stereocenters. The molecule has 6 nitrogen and oxygen atoms in total. The van der Waals surface area contributed by atoms with Gasteiger partial charge in [0.15, 0.2) is 0 Å². The average molecular weight is 368 g/mol. The smallest absolute Gasteiger partial charge is 0.323 e. The molecule has 1 amide bonds. The third-order valence-corrected chi connectivity index (χ3v) is 4.79. The van der Waals surface area contributed by atoms with E-state index in [0.29, 0.717) is 24.4 Å². The fourth-order valence-electron chi connectivity index (χ4n) is 3.41. The lowest BCUT2D eigenvalue weighted by Crippen LogP contribution is -2.49. The van der Waals surface area contributed by atoms with Crippen LogP contribution in [0.4, 0.5) is 5.69 Å². The Labute approximate surface area is 159 Å². The third kappa shape index (κ3) is 4.28. The normalized spacial score (nSPS) is 16.3. The van der Waals surface area contributed by atoms with Crippen molar-refractivity contribution in [1.82, 2.24) is 4.90 Å². The number of amides is 1. The SMILES string of the molecule is COC(=O)[C@H]1Cc2ccccc2CN1CC(=O)Nc1cc(C)ccc1OC. The second-order valence-corrected chi connectivity index (χ2v) is 6.67. The minimum atomic E-state index is -0.477. The van der Waals surface area contributed by atoms with Gasteiger partial charge in [0.1, 0.15) is 11.8 Å². The highest BCUT2D eigenvalue weighted by molar-refractivity contribution is 5.94. The molecule has 1 aliphatic rings. The van der Waals surface area contributed by atoms with Crippen molar-refractivity contribution in [3.05, 3.63) is 59.2 Å². The molecule has 1 aliphatic heterocycles. The summed E-state index contributed by atoms with van der Waals surface area (Å²) in [7, 11) is 2.94. The van der Waals surface area contributed by atoms with Crippen molar-refractivity contribution in [1.29, 1.82) is 0 Å². The van der Waals surface area contributed by atoms with Crippen LogP contribution >= 0.6 is 0 Å². The summed E-state index contributed by atoms with van der Waals surface area (Å²) in [6, 6.07) is 13.1. The highest BCUT2D eigenvalue weighted by atomic mass is 16.5. The van der Waals surface area contributed by atoms with Gasteiger partial charge in [0.2, 0.25) is 5.91 Å². The van der Waals surface area contributed by atoms with Crippen LogP contribution in [0.15, 0.2) is 42.5 Å². The highest BCUT2D eigenvalue weighted by Gasteiger charge is 2.33. The van der Waals surface area contributed by atoms with Gasteiger partial charge in [0.05, 0.1) is 26.5 Å². The van der Waals surface area contributed by atoms with Gasteiger partial charge in [-0.2, -0.15) is 0 Å². The number of anilines is 1. The summed E-state index contributed by atoms with van der Waals surface area (Å²) in [5.41, 5.74) is 3.88. The number of hydrogen-bond donors (Lipinski definition) is 1. The molecule has 1 N–H and O–H groups in total. The topological polar surface area (TPSA) is 67.9 Å². The maximum absolute atomic E-state index is 12.7. The zero-order valence-electron chi connectivity index (χ0n) is 15.8. The zero-order chi connectivity index (χ0) is 19.4. The van der Waals surface area contributed by atoms with Crippen LogP contribution in [0.5, 0.6) is 5.75 Å². The van der Waals surface area contributed by atoms with Crippen molar-refractivity contribution >= 4 is 17.6 Å². The standard InChI is InChI=1S/C21H24N2O4/c1-14-8-9-19(26-2)17(10-14)22-20(24)13-23-12-16-7-5-4-6-15(16)11-18(23)21(25)27-3/h4-10,18H,11-13H2,1-3H3,(H,22,24)/t18-/m1/s1. The number of ether oxygens (including phenoxy) is 2. The number of rotatable bonds is 5. The van der Waals surface area contributed by atoms with E-state index in [4.69, 9.17) is 9.47 Å². The van der Waals surface area contributed by atoms with Crippen molar-refractivity contribution in [2.45, 2.75) is 25.9 Å². The monoisotopic (exact) mass is 368 g/mol. The Morgan fingerprint density at radius 2 is 1.89 bits per heavy atom. The molecule has 0 aliphatic carbocycles. The Hall–Kier alpha value is -2.86. The van der Waals surface area contributed by atoms with Gasteiger partial charge < -0.3 is 14.8 Å². The average Bonchev–Trinajstić information content (AvgIpc) is 2.67. The number of methoxy groups -OCH3 is 2. The molecule has 27 heavy (non-hydrogen) atoms. The molecule has 0 radical (unpaired) electrons. The summed E-state index contributed by atoms with van der Waals surface area (Å²) >= 11 is 0. The number of carbonyl (C=O) groups excluding carboxylic acids is 2. The molecule has 0 bridgehead atoms. The molecular formula is C21H24N2O4. The number of esters is 1. The van der Waals surface area contributed by atoms with Crippen molar-refractivity contribution in [2.75, 3.05) is 26.1 Å². The van der Waals surface area contributed by atoms with E-state index < -0.39 is 6.04 Å². The molecule has 0 saturated carbocycles. The summed E-state index contributed by atoms with van der Waals surface area (Å²) in [6.07, 6.45) is 0.532. The Morgan fingerprint density at radius 3 is 2.59 bits per heavy atom. The van der Waals surface area contributed by atoms with Crippen LogP contribution in [0.25, 0.3) is 0 Å². The molecule has 1 heterocycles. The predicted octanol–water partition coefficient (Wildman–Crippen LogP) is 2.54. The van der Waals surface area contributed by atoms with E-state index in [1.54, 1.807) is 7.11 Å². The van der Waals surface area contributed by atoms with Crippen molar-refractivity contribution < 1.29 is 19.1 Å². The van der Waals surface area contributed by atoms with Gasteiger partial charge >= 0.3 is 5.97 Å². The summed E-state index contributed by atoms with van der Waals surface area (Å²) < 4.78 is 10.3. The van der Waals surface area contributed by atoms with Crippen LogP contribution < -0.4 is 10.1 Å². The summed E-state index contributed by atoms with van der Waals surface area (Å²) in [5.74, 6) is 0.0695. The first-order chi connectivity index (χ1) is 13.0. The van der Waals surface area contributed by atoms with E-state index in [0.717, 1.165) is 16.7 Å². The number of hydrogen-bond acceptors (Lipinski definition) is 5. The van der Waals surface area contributed by atoms with Gasteiger partial charge in [-0.05, 0) is 42.2 Å². The van der Waals surface area contributed by atoms with E-state index in [1.807, 2.05) is 54.3 Å². The van der Waals surface area contributed by atoms with Crippen LogP contribution in [0, 0.1) is 6.92 Å². The van der Waals surface area contributed by atoms with Crippen LogP contribution in [-0.2, 0) is 27.3 Å². The van der Waals surface area contributed by atoms with Gasteiger partial charge in [0, 0.05) is 6.54 Å². The van der Waals surface area contributed by atoms with Gasteiger partial charge in [-0.1, -0.05) is 30.3 Å². The van der Waals surface area contributed by atoms with E-state index >= 15 is 0 Å². The number of nitrogens with one attached hydrogen (secondary N) is 1. The molecule has 0 fully saturated rings. The van der Waals surface area contributed by atoms with Crippen molar-refractivity contribution in [3.8, 4) is 5.75 Å². The summed E-state index contributed by atoms with van der Waals surface area (Å²) in [4.78, 5) is 26.8. The molecule has 6 heteroatoms. The van der Waals surface area contributed by atoms with Crippen molar-refractivity contribution in [2.24, 2.45) is 0 Å². The number of carbonyl (C=O) groups is 2. The quantitative estimate of drug-likeness (QED) is 0.822. The van der Waals surface area contributed by atoms with E-state index in [-0.39, 0.29) is 18.4 Å². The second kappa shape index (κ2) is 8.22. The first-order valence-corrected chi connectivity index (χ1v) is 8.85. The first-order valence-electron chi connectivity index (χ1n) is 8.85. The number of aryl methyl sites for hydroxylation is 1. The molecule has 0 saturated heterocycles. The maximum atomic E-state index is 12.7. The Morgan fingerprint density at radius 1 is 1.15 bits per heavy atom. The molecule has 142 valence electrons. The second-order valence-electron chi connectivity index (χ2n) is 6.67. The fraction of sp³-hybridized carbons (Fsp3) is 0.333. The van der Waals surface area contributed by atoms with E-state index in [9.17, 15) is 9.59 Å². The minimum Gasteiger partial charge on any atom is -0.495 e. The molecule has 0 spiro atoms. The van der Waals surface area contributed by atoms with Crippen LogP contribution in [0.3, 0.4) is 0 Å². The third-order valence-electron chi connectivity index (χ3n) is 4.79. The van der Waals surface area contributed by atoms with Crippen LogP contribution in [-0.4, -0.2) is 43.6 Å². The molecule has 1 atom stereocenters. The van der Waals surface area contributed by atoms with Crippen LogP contribution in [0.1, 0.15) is 16.7 Å². The summed E-state index contributed by atoms with van der Waals surface area (Å²) in [6.45, 7) is 2.56. The Balaban J connectivity index is 1.77. The number of nitrogens with zero attached hydrogens (tertiary/aromatic N) is 1. The maximum Gasteiger partial charge on any atom is 0.323 e. The van der Waals surface area contributed by atoms with Gasteiger partial charge in [-0.15, -0.1) is 0 Å². The Kier molecular flexibility index (Phi) is 5.76. The molecule has 3 rings (SSSR count). The predicted molar refractivity (Wildman–Crippen MR) is 103 cm³/mol. The summed E-state index contributed by atoms with van der Waals surface area (Å²) in [5, 5.41) is 2.89. The number of benzene rings is 2. The van der Waals surface area contributed by atoms with Gasteiger partial charge in [-0.25, -0.2) is 0 Å². The molecule has 2 aromatic rings.